The maximum atomic E-state index is 14.7. The summed E-state index contributed by atoms with van der Waals surface area (Å²) in [5.74, 6) is 0.606. The van der Waals surface area contributed by atoms with Crippen molar-refractivity contribution in [3.63, 3.8) is 0 Å². The van der Waals surface area contributed by atoms with Crippen LogP contribution >= 0.6 is 0 Å². The summed E-state index contributed by atoms with van der Waals surface area (Å²) in [7, 11) is -0.593. The molecule has 0 amide bonds. The van der Waals surface area contributed by atoms with Crippen LogP contribution in [0.15, 0.2) is 12.1 Å². The first-order valence-corrected chi connectivity index (χ1v) is 9.32. The summed E-state index contributed by atoms with van der Waals surface area (Å²) < 4.78 is 32.5. The highest BCUT2D eigenvalue weighted by Gasteiger charge is 2.51. The first-order valence-electron chi connectivity index (χ1n) is 9.32. The normalized spacial score (nSPS) is 28.0. The molecule has 0 bridgehead atoms. The summed E-state index contributed by atoms with van der Waals surface area (Å²) >= 11 is 0. The lowest BCUT2D eigenvalue weighted by Gasteiger charge is -2.32. The highest BCUT2D eigenvalue weighted by Crippen LogP contribution is 2.37. The van der Waals surface area contributed by atoms with Gasteiger partial charge < -0.3 is 19.0 Å². The molecule has 2 saturated heterocycles. The van der Waals surface area contributed by atoms with Crippen molar-refractivity contribution in [3.05, 3.63) is 23.8 Å². The smallest absolute Gasteiger partial charge is 0.399 e. The van der Waals surface area contributed by atoms with E-state index in [2.05, 4.69) is 16.9 Å². The first kappa shape index (κ1) is 18.0. The van der Waals surface area contributed by atoms with E-state index in [1.54, 1.807) is 0 Å². The Morgan fingerprint density at radius 2 is 1.85 bits per heavy atom. The number of aromatic nitrogens is 2. The molecule has 0 unspecified atom stereocenters. The lowest BCUT2D eigenvalue weighted by Crippen LogP contribution is -2.41. The summed E-state index contributed by atoms with van der Waals surface area (Å²) in [5.41, 5.74) is 0.774. The van der Waals surface area contributed by atoms with E-state index < -0.39 is 18.3 Å². The number of nitrogens with one attached hydrogen (secondary N) is 1. The number of rotatable bonds is 2. The molecule has 0 aliphatic carbocycles. The monoisotopic (exact) mass is 360 g/mol. The third-order valence-electron chi connectivity index (χ3n) is 6.00. The van der Waals surface area contributed by atoms with Crippen LogP contribution in [0.25, 0.3) is 11.0 Å². The zero-order valence-electron chi connectivity index (χ0n) is 16.1. The second kappa shape index (κ2) is 6.04. The number of imidazole rings is 1. The van der Waals surface area contributed by atoms with Gasteiger partial charge in [-0.2, -0.15) is 0 Å². The minimum Gasteiger partial charge on any atom is -0.399 e. The predicted octanol–water partition coefficient (Wildman–Crippen LogP) is 3.28. The lowest BCUT2D eigenvalue weighted by atomic mass is 9.79. The van der Waals surface area contributed by atoms with Crippen molar-refractivity contribution < 1.29 is 18.4 Å². The molecule has 1 aromatic heterocycles. The summed E-state index contributed by atoms with van der Waals surface area (Å²) in [6.45, 7) is 10.6. The van der Waals surface area contributed by atoms with Gasteiger partial charge in [0.25, 0.3) is 0 Å². The van der Waals surface area contributed by atoms with E-state index in [4.69, 9.17) is 14.0 Å². The predicted molar refractivity (Wildman–Crippen MR) is 99.2 cm³/mol. The average Bonchev–Trinajstić information content (AvgIpc) is 3.07. The zero-order chi connectivity index (χ0) is 18.7. The van der Waals surface area contributed by atoms with Crippen LogP contribution in [-0.2, 0) is 14.0 Å². The van der Waals surface area contributed by atoms with E-state index >= 15 is 0 Å². The van der Waals surface area contributed by atoms with Gasteiger partial charge in [-0.25, -0.2) is 9.37 Å². The van der Waals surface area contributed by atoms with Gasteiger partial charge in [0.1, 0.15) is 11.3 Å². The molecule has 4 rings (SSSR count). The van der Waals surface area contributed by atoms with Crippen molar-refractivity contribution in [2.75, 3.05) is 6.61 Å². The van der Waals surface area contributed by atoms with Crippen molar-refractivity contribution in [2.24, 2.45) is 0 Å². The molecule has 0 saturated carbocycles. The van der Waals surface area contributed by atoms with Crippen molar-refractivity contribution in [1.29, 1.82) is 0 Å². The van der Waals surface area contributed by atoms with Gasteiger partial charge in [-0.05, 0) is 65.1 Å². The van der Waals surface area contributed by atoms with Crippen LogP contribution in [0.1, 0.15) is 59.2 Å². The molecule has 3 heterocycles. The first-order chi connectivity index (χ1) is 12.2. The van der Waals surface area contributed by atoms with Crippen LogP contribution in [-0.4, -0.2) is 41.0 Å². The molecule has 140 valence electrons. The molecule has 2 atom stereocenters. The third kappa shape index (κ3) is 2.96. The van der Waals surface area contributed by atoms with Gasteiger partial charge in [0.15, 0.2) is 5.82 Å². The van der Waals surface area contributed by atoms with Crippen LogP contribution in [0.2, 0.25) is 0 Å². The molecule has 2 aromatic rings. The number of fused-ring (bicyclic) bond motifs is 1. The lowest BCUT2D eigenvalue weighted by molar-refractivity contribution is 0.00578. The number of halogens is 1. The van der Waals surface area contributed by atoms with Gasteiger partial charge >= 0.3 is 7.12 Å². The van der Waals surface area contributed by atoms with Gasteiger partial charge in [-0.15, -0.1) is 0 Å². The minimum atomic E-state index is -0.593. The average molecular weight is 360 g/mol. The Balaban J connectivity index is 1.65. The summed E-state index contributed by atoms with van der Waals surface area (Å²) in [5, 5.41) is 0. The third-order valence-corrected chi connectivity index (χ3v) is 6.00. The zero-order valence-corrected chi connectivity index (χ0v) is 16.1. The standard InChI is InChI=1S/C19H26BFN2O3/c1-11-6-7-12(10-24-11)17-22-15-9-13(8-14(21)16(15)23-17)20-25-18(2,3)19(4,5)26-20/h8-9,11-12H,6-7,10H2,1-5H3,(H,22,23)/t11-,12-/m1/s1. The molecule has 0 radical (unpaired) electrons. The molecule has 5 nitrogen and oxygen atoms in total. The van der Waals surface area contributed by atoms with E-state index in [1.165, 1.54) is 6.07 Å². The maximum absolute atomic E-state index is 14.7. The highest BCUT2D eigenvalue weighted by molar-refractivity contribution is 6.62. The van der Waals surface area contributed by atoms with E-state index in [9.17, 15) is 4.39 Å². The largest absolute Gasteiger partial charge is 0.495 e. The number of benzene rings is 1. The van der Waals surface area contributed by atoms with Crippen molar-refractivity contribution in [2.45, 2.75) is 70.7 Å². The van der Waals surface area contributed by atoms with Crippen molar-refractivity contribution in [1.82, 2.24) is 9.97 Å². The fourth-order valence-corrected chi connectivity index (χ4v) is 3.52. The quantitative estimate of drug-likeness (QED) is 0.836. The Morgan fingerprint density at radius 3 is 2.46 bits per heavy atom. The minimum absolute atomic E-state index is 0.179. The Bertz CT molecular complexity index is 812. The Hall–Kier alpha value is -1.44. The van der Waals surface area contributed by atoms with E-state index in [0.29, 0.717) is 23.1 Å². The number of hydrogen-bond donors (Lipinski definition) is 1. The van der Waals surface area contributed by atoms with Gasteiger partial charge in [-0.1, -0.05) is 0 Å². The van der Waals surface area contributed by atoms with Gasteiger partial charge in [0.2, 0.25) is 0 Å². The number of nitrogens with zero attached hydrogens (tertiary/aromatic N) is 1. The summed E-state index contributed by atoms with van der Waals surface area (Å²) in [6.07, 6.45) is 2.26. The van der Waals surface area contributed by atoms with E-state index in [1.807, 2.05) is 33.8 Å². The second-order valence-corrected chi connectivity index (χ2v) is 8.53. The highest BCUT2D eigenvalue weighted by atomic mass is 19.1. The van der Waals surface area contributed by atoms with Gasteiger partial charge in [0, 0.05) is 5.92 Å². The van der Waals surface area contributed by atoms with E-state index in [0.717, 1.165) is 18.7 Å². The SMILES string of the molecule is C[C@@H]1CC[C@@H](c2nc3c(F)cc(B4OC(C)(C)C(C)(C)O4)cc3[nH]2)CO1. The fourth-order valence-electron chi connectivity index (χ4n) is 3.52. The number of hydrogen-bond acceptors (Lipinski definition) is 4. The molecule has 2 aliphatic heterocycles. The number of ether oxygens (including phenoxy) is 1. The molecule has 1 N–H and O–H groups in total. The Kier molecular flexibility index (Phi) is 4.17. The van der Waals surface area contributed by atoms with Crippen LogP contribution in [0, 0.1) is 5.82 Å². The molecule has 1 aromatic carbocycles. The molecular weight excluding hydrogens is 334 g/mol. The molecule has 26 heavy (non-hydrogen) atoms. The summed E-state index contributed by atoms with van der Waals surface area (Å²) in [6, 6.07) is 3.35. The molecule has 2 aliphatic rings. The second-order valence-electron chi connectivity index (χ2n) is 8.53. The number of H-pyrrole nitrogens is 1. The van der Waals surface area contributed by atoms with E-state index in [-0.39, 0.29) is 17.8 Å². The summed E-state index contributed by atoms with van der Waals surface area (Å²) in [4.78, 5) is 7.78. The molecule has 2 fully saturated rings. The Labute approximate surface area is 153 Å². The van der Waals surface area contributed by atoms with Crippen LogP contribution < -0.4 is 5.46 Å². The van der Waals surface area contributed by atoms with Crippen molar-refractivity contribution in [3.8, 4) is 0 Å². The van der Waals surface area contributed by atoms with Gasteiger partial charge in [-0.3, -0.25) is 0 Å². The van der Waals surface area contributed by atoms with Crippen molar-refractivity contribution >= 4 is 23.6 Å². The molecule has 7 heteroatoms. The Morgan fingerprint density at radius 1 is 1.15 bits per heavy atom. The fraction of sp³-hybridized carbons (Fsp3) is 0.632. The van der Waals surface area contributed by atoms with Crippen LogP contribution in [0.3, 0.4) is 0 Å². The van der Waals surface area contributed by atoms with Crippen LogP contribution in [0.4, 0.5) is 4.39 Å². The topological polar surface area (TPSA) is 56.4 Å². The van der Waals surface area contributed by atoms with Gasteiger partial charge in [0.05, 0.1) is 29.4 Å². The molecular formula is C19H26BFN2O3. The maximum Gasteiger partial charge on any atom is 0.495 e. The van der Waals surface area contributed by atoms with Crippen LogP contribution in [0.5, 0.6) is 0 Å². The molecule has 0 spiro atoms. The number of aromatic amines is 1.